The van der Waals surface area contributed by atoms with Gasteiger partial charge in [-0.1, -0.05) is 0 Å². The molecule has 1 rings (SSSR count). The molecular weight excluding hydrogens is 136 g/mol. The molecule has 0 unspecified atom stereocenters. The van der Waals surface area contributed by atoms with Crippen molar-refractivity contribution < 1.29 is 9.90 Å². The first-order chi connectivity index (χ1) is 4.20. The van der Waals surface area contributed by atoms with Crippen LogP contribution >= 0.6 is 11.3 Å². The summed E-state index contributed by atoms with van der Waals surface area (Å²) in [4.78, 5) is 11.4. The predicted molar refractivity (Wildman–Crippen MR) is 33.4 cm³/mol. The van der Waals surface area contributed by atoms with Crippen molar-refractivity contribution in [1.29, 1.82) is 0 Å². The summed E-state index contributed by atoms with van der Waals surface area (Å²) in [5.41, 5.74) is 0. The molecule has 3 heteroatoms. The first-order valence-electron chi connectivity index (χ1n) is 2.48. The molecule has 0 fully saturated rings. The maximum Gasteiger partial charge on any atom is 0.0815 e. The van der Waals surface area contributed by atoms with E-state index in [1.165, 1.54) is 11.3 Å². The second-order valence-corrected chi connectivity index (χ2v) is 2.99. The normalized spacial score (nSPS) is 9.44. The van der Waals surface area contributed by atoms with E-state index in [1.807, 2.05) is 6.92 Å². The summed E-state index contributed by atoms with van der Waals surface area (Å²) >= 11 is 1.23. The van der Waals surface area contributed by atoms with Crippen molar-refractivity contribution in [3.8, 4) is 0 Å². The standard InChI is InChI=1S/C6H6O2S/c1-4-2-3-5(9-4)6(7)8/h2-3H,1H3,(H,7,8)/p-1. The average molecular weight is 141 g/mol. The SMILES string of the molecule is Cc1ccc(C(=O)[O-])s1. The highest BCUT2D eigenvalue weighted by Gasteiger charge is 1.94. The molecule has 0 bridgehead atoms. The lowest BCUT2D eigenvalue weighted by atomic mass is 10.4. The van der Waals surface area contributed by atoms with Crippen LogP contribution in [0.15, 0.2) is 12.1 Å². The van der Waals surface area contributed by atoms with E-state index in [4.69, 9.17) is 0 Å². The van der Waals surface area contributed by atoms with Crippen molar-refractivity contribution in [2.45, 2.75) is 6.92 Å². The minimum absolute atomic E-state index is 0.299. The first kappa shape index (κ1) is 6.29. The molecule has 1 heterocycles. The summed E-state index contributed by atoms with van der Waals surface area (Å²) in [6, 6.07) is 3.31. The minimum Gasteiger partial charge on any atom is -0.544 e. The van der Waals surface area contributed by atoms with Crippen molar-refractivity contribution in [1.82, 2.24) is 0 Å². The molecule has 0 spiro atoms. The minimum atomic E-state index is -1.09. The highest BCUT2D eigenvalue weighted by atomic mass is 32.1. The van der Waals surface area contributed by atoms with Crippen LogP contribution < -0.4 is 5.11 Å². The summed E-state index contributed by atoms with van der Waals surface area (Å²) in [6.07, 6.45) is 0. The molecule has 1 aromatic rings. The zero-order chi connectivity index (χ0) is 6.85. The van der Waals surface area contributed by atoms with Gasteiger partial charge in [-0.05, 0) is 19.1 Å². The number of carbonyl (C=O) groups excluding carboxylic acids is 1. The number of rotatable bonds is 1. The predicted octanol–water partition coefficient (Wildman–Crippen LogP) is 0.420. The van der Waals surface area contributed by atoms with Crippen molar-refractivity contribution in [3.05, 3.63) is 21.9 Å². The summed E-state index contributed by atoms with van der Waals surface area (Å²) in [5.74, 6) is -1.09. The third-order valence-corrected chi connectivity index (χ3v) is 1.92. The van der Waals surface area contributed by atoms with Gasteiger partial charge in [0.1, 0.15) is 0 Å². The van der Waals surface area contributed by atoms with Gasteiger partial charge in [0.25, 0.3) is 0 Å². The summed E-state index contributed by atoms with van der Waals surface area (Å²) in [7, 11) is 0. The molecule has 1 aromatic heterocycles. The quantitative estimate of drug-likeness (QED) is 0.568. The highest BCUT2D eigenvalue weighted by molar-refractivity contribution is 7.13. The van der Waals surface area contributed by atoms with Crippen molar-refractivity contribution in [2.75, 3.05) is 0 Å². The molecule has 0 saturated carbocycles. The molecule has 0 aromatic carbocycles. The Bertz CT molecular complexity index is 227. The molecule has 48 valence electrons. The van der Waals surface area contributed by atoms with Gasteiger partial charge in [-0.25, -0.2) is 0 Å². The van der Waals surface area contributed by atoms with E-state index in [9.17, 15) is 9.90 Å². The monoisotopic (exact) mass is 141 g/mol. The van der Waals surface area contributed by atoms with Crippen LogP contribution in [0.2, 0.25) is 0 Å². The van der Waals surface area contributed by atoms with Gasteiger partial charge in [-0.3, -0.25) is 0 Å². The van der Waals surface area contributed by atoms with Gasteiger partial charge in [0, 0.05) is 4.88 Å². The molecule has 0 saturated heterocycles. The van der Waals surface area contributed by atoms with Gasteiger partial charge >= 0.3 is 0 Å². The molecule has 9 heavy (non-hydrogen) atoms. The number of thiophene rings is 1. The van der Waals surface area contributed by atoms with E-state index in [1.54, 1.807) is 12.1 Å². The smallest absolute Gasteiger partial charge is 0.0815 e. The van der Waals surface area contributed by atoms with Crippen LogP contribution in [0.4, 0.5) is 0 Å². The Kier molecular flexibility index (Phi) is 1.53. The van der Waals surface area contributed by atoms with Crippen LogP contribution in [-0.2, 0) is 0 Å². The molecule has 0 aliphatic rings. The number of aryl methyl sites for hydroxylation is 1. The largest absolute Gasteiger partial charge is 0.544 e. The van der Waals surface area contributed by atoms with Gasteiger partial charge in [0.05, 0.1) is 10.8 Å². The van der Waals surface area contributed by atoms with Crippen LogP contribution in [0.5, 0.6) is 0 Å². The lowest BCUT2D eigenvalue weighted by Gasteiger charge is -1.92. The van der Waals surface area contributed by atoms with E-state index in [0.29, 0.717) is 4.88 Å². The Balaban J connectivity index is 2.98. The second kappa shape index (κ2) is 2.19. The molecule has 0 aliphatic heterocycles. The third-order valence-electron chi connectivity index (χ3n) is 0.942. The Labute approximate surface area is 56.8 Å². The van der Waals surface area contributed by atoms with Gasteiger partial charge < -0.3 is 9.90 Å². The topological polar surface area (TPSA) is 40.1 Å². The average Bonchev–Trinajstić information content (AvgIpc) is 2.14. The molecule has 0 aliphatic carbocycles. The third kappa shape index (κ3) is 1.29. The zero-order valence-corrected chi connectivity index (χ0v) is 5.70. The van der Waals surface area contributed by atoms with Gasteiger partial charge in [-0.15, -0.1) is 11.3 Å². The lowest BCUT2D eigenvalue weighted by Crippen LogP contribution is -2.20. The number of carboxylic acids is 1. The maximum atomic E-state index is 10.1. The van der Waals surface area contributed by atoms with E-state index in [2.05, 4.69) is 0 Å². The molecule has 0 radical (unpaired) electrons. The van der Waals surface area contributed by atoms with Crippen LogP contribution in [0.1, 0.15) is 14.5 Å². The second-order valence-electron chi connectivity index (χ2n) is 1.70. The van der Waals surface area contributed by atoms with Crippen molar-refractivity contribution in [3.63, 3.8) is 0 Å². The fourth-order valence-electron chi connectivity index (χ4n) is 0.544. The maximum absolute atomic E-state index is 10.1. The molecule has 0 N–H and O–H groups in total. The summed E-state index contributed by atoms with van der Waals surface area (Å²) in [5, 5.41) is 10.1. The van der Waals surface area contributed by atoms with Gasteiger partial charge in [0.15, 0.2) is 0 Å². The molecule has 0 amide bonds. The number of carbonyl (C=O) groups is 1. The van der Waals surface area contributed by atoms with Crippen molar-refractivity contribution in [2.24, 2.45) is 0 Å². The molecular formula is C6H5O2S-. The van der Waals surface area contributed by atoms with E-state index in [0.717, 1.165) is 4.88 Å². The molecule has 0 atom stereocenters. The fourth-order valence-corrected chi connectivity index (χ4v) is 1.25. The Morgan fingerprint density at radius 3 is 2.56 bits per heavy atom. The van der Waals surface area contributed by atoms with E-state index in [-0.39, 0.29) is 0 Å². The molecule has 2 nitrogen and oxygen atoms in total. The summed E-state index contributed by atoms with van der Waals surface area (Å²) in [6.45, 7) is 1.86. The van der Waals surface area contributed by atoms with Crippen LogP contribution in [0, 0.1) is 6.92 Å². The number of hydrogen-bond donors (Lipinski definition) is 0. The Hall–Kier alpha value is -0.830. The Morgan fingerprint density at radius 1 is 1.67 bits per heavy atom. The first-order valence-corrected chi connectivity index (χ1v) is 3.29. The number of hydrogen-bond acceptors (Lipinski definition) is 3. The van der Waals surface area contributed by atoms with Gasteiger partial charge in [-0.2, -0.15) is 0 Å². The Morgan fingerprint density at radius 2 is 2.33 bits per heavy atom. The van der Waals surface area contributed by atoms with E-state index >= 15 is 0 Å². The van der Waals surface area contributed by atoms with E-state index < -0.39 is 5.97 Å². The van der Waals surface area contributed by atoms with Crippen LogP contribution in [0.3, 0.4) is 0 Å². The number of aromatic carboxylic acids is 1. The van der Waals surface area contributed by atoms with Gasteiger partial charge in [0.2, 0.25) is 0 Å². The summed E-state index contributed by atoms with van der Waals surface area (Å²) < 4.78 is 0. The van der Waals surface area contributed by atoms with Crippen molar-refractivity contribution >= 4 is 17.3 Å². The highest BCUT2D eigenvalue weighted by Crippen LogP contribution is 2.13. The van der Waals surface area contributed by atoms with Crippen LogP contribution in [-0.4, -0.2) is 5.97 Å². The zero-order valence-electron chi connectivity index (χ0n) is 4.88. The van der Waals surface area contributed by atoms with Crippen LogP contribution in [0.25, 0.3) is 0 Å². The number of carboxylic acid groups (broad SMARTS) is 1. The lowest BCUT2D eigenvalue weighted by molar-refractivity contribution is -0.254. The fraction of sp³-hybridized carbons (Fsp3) is 0.167.